The van der Waals surface area contributed by atoms with Crippen LogP contribution in [0.2, 0.25) is 0 Å². The summed E-state index contributed by atoms with van der Waals surface area (Å²) in [6, 6.07) is 0.730. The number of hydrogen-bond donors (Lipinski definition) is 1. The van der Waals surface area contributed by atoms with Crippen LogP contribution in [0.3, 0.4) is 0 Å². The van der Waals surface area contributed by atoms with Crippen molar-refractivity contribution in [3.05, 3.63) is 0 Å². The molecule has 0 bridgehead atoms. The molecule has 0 aromatic carbocycles. The molecule has 1 rings (SSSR count). The van der Waals surface area contributed by atoms with Gasteiger partial charge in [0.25, 0.3) is 0 Å². The SMILES string of the molecule is CCCC1CCC(NC)C(CCOC)C1. The molecule has 0 heterocycles. The Labute approximate surface area is 94.8 Å². The highest BCUT2D eigenvalue weighted by Gasteiger charge is 2.28. The average molecular weight is 213 g/mol. The molecule has 0 aromatic rings. The van der Waals surface area contributed by atoms with E-state index in [2.05, 4.69) is 19.3 Å². The van der Waals surface area contributed by atoms with Crippen molar-refractivity contribution in [3.8, 4) is 0 Å². The fourth-order valence-electron chi connectivity index (χ4n) is 3.00. The lowest BCUT2D eigenvalue weighted by molar-refractivity contribution is 0.131. The molecule has 0 saturated heterocycles. The predicted molar refractivity (Wildman–Crippen MR) is 65.1 cm³/mol. The summed E-state index contributed by atoms with van der Waals surface area (Å²) in [5, 5.41) is 3.47. The van der Waals surface area contributed by atoms with Crippen LogP contribution < -0.4 is 5.32 Å². The van der Waals surface area contributed by atoms with Crippen LogP contribution in [-0.4, -0.2) is 26.8 Å². The maximum Gasteiger partial charge on any atom is 0.0465 e. The number of hydrogen-bond acceptors (Lipinski definition) is 2. The topological polar surface area (TPSA) is 21.3 Å². The molecule has 1 fully saturated rings. The minimum Gasteiger partial charge on any atom is -0.385 e. The van der Waals surface area contributed by atoms with Crippen LogP contribution in [0.15, 0.2) is 0 Å². The van der Waals surface area contributed by atoms with Crippen molar-refractivity contribution >= 4 is 0 Å². The van der Waals surface area contributed by atoms with Gasteiger partial charge in [-0.05, 0) is 44.6 Å². The zero-order valence-corrected chi connectivity index (χ0v) is 10.6. The van der Waals surface area contributed by atoms with Crippen molar-refractivity contribution in [1.82, 2.24) is 5.32 Å². The molecule has 0 radical (unpaired) electrons. The van der Waals surface area contributed by atoms with Gasteiger partial charge in [0, 0.05) is 19.8 Å². The number of ether oxygens (including phenoxy) is 1. The normalized spacial score (nSPS) is 31.8. The van der Waals surface area contributed by atoms with Crippen molar-refractivity contribution in [2.45, 2.75) is 51.5 Å². The number of nitrogens with one attached hydrogen (secondary N) is 1. The van der Waals surface area contributed by atoms with Gasteiger partial charge in [-0.1, -0.05) is 19.8 Å². The molecule has 2 nitrogen and oxygen atoms in total. The first-order valence-corrected chi connectivity index (χ1v) is 6.48. The summed E-state index contributed by atoms with van der Waals surface area (Å²) in [5.41, 5.74) is 0. The van der Waals surface area contributed by atoms with Gasteiger partial charge in [-0.25, -0.2) is 0 Å². The Morgan fingerprint density at radius 3 is 2.67 bits per heavy atom. The van der Waals surface area contributed by atoms with Crippen molar-refractivity contribution in [2.24, 2.45) is 11.8 Å². The smallest absolute Gasteiger partial charge is 0.0465 e. The number of rotatable bonds is 6. The third-order valence-corrected chi connectivity index (χ3v) is 3.85. The summed E-state index contributed by atoms with van der Waals surface area (Å²) in [7, 11) is 3.91. The molecule has 0 aliphatic heterocycles. The van der Waals surface area contributed by atoms with Gasteiger partial charge in [-0.15, -0.1) is 0 Å². The van der Waals surface area contributed by atoms with Gasteiger partial charge in [0.15, 0.2) is 0 Å². The lowest BCUT2D eigenvalue weighted by Gasteiger charge is -2.36. The quantitative estimate of drug-likeness (QED) is 0.732. The summed E-state index contributed by atoms with van der Waals surface area (Å²) >= 11 is 0. The van der Waals surface area contributed by atoms with Crippen LogP contribution in [0.1, 0.15) is 45.4 Å². The summed E-state index contributed by atoms with van der Waals surface area (Å²) in [6.45, 7) is 3.22. The molecule has 3 unspecified atom stereocenters. The van der Waals surface area contributed by atoms with Crippen molar-refractivity contribution < 1.29 is 4.74 Å². The summed E-state index contributed by atoms with van der Waals surface area (Å²) < 4.78 is 5.20. The molecule has 2 heteroatoms. The molecule has 1 saturated carbocycles. The van der Waals surface area contributed by atoms with Gasteiger partial charge < -0.3 is 10.1 Å². The zero-order chi connectivity index (χ0) is 11.1. The largest absolute Gasteiger partial charge is 0.385 e. The highest BCUT2D eigenvalue weighted by Crippen LogP contribution is 2.33. The molecule has 1 aliphatic rings. The van der Waals surface area contributed by atoms with Crippen LogP contribution in [0.4, 0.5) is 0 Å². The highest BCUT2D eigenvalue weighted by atomic mass is 16.5. The first kappa shape index (κ1) is 13.0. The van der Waals surface area contributed by atoms with Crippen LogP contribution in [0.5, 0.6) is 0 Å². The van der Waals surface area contributed by atoms with E-state index in [9.17, 15) is 0 Å². The Kier molecular flexibility index (Phi) is 6.26. The average Bonchev–Trinajstić information content (AvgIpc) is 2.27. The van der Waals surface area contributed by atoms with Gasteiger partial charge in [-0.3, -0.25) is 0 Å². The maximum absolute atomic E-state index is 5.20. The van der Waals surface area contributed by atoms with E-state index < -0.39 is 0 Å². The van der Waals surface area contributed by atoms with E-state index in [1.165, 1.54) is 38.5 Å². The van der Waals surface area contributed by atoms with E-state index in [1.807, 2.05) is 0 Å². The Morgan fingerprint density at radius 2 is 2.07 bits per heavy atom. The third-order valence-electron chi connectivity index (χ3n) is 3.85. The van der Waals surface area contributed by atoms with Crippen LogP contribution in [-0.2, 0) is 4.74 Å². The minimum absolute atomic E-state index is 0.730. The Hall–Kier alpha value is -0.0800. The fourth-order valence-corrected chi connectivity index (χ4v) is 3.00. The molecule has 3 atom stereocenters. The molecular weight excluding hydrogens is 186 g/mol. The molecular formula is C13H27NO. The van der Waals surface area contributed by atoms with E-state index in [-0.39, 0.29) is 0 Å². The van der Waals surface area contributed by atoms with E-state index in [4.69, 9.17) is 4.74 Å². The summed E-state index contributed by atoms with van der Waals surface area (Å²) in [4.78, 5) is 0. The van der Waals surface area contributed by atoms with Gasteiger partial charge in [0.05, 0.1) is 0 Å². The molecule has 90 valence electrons. The third kappa shape index (κ3) is 4.12. The molecule has 0 spiro atoms. The van der Waals surface area contributed by atoms with Crippen LogP contribution in [0.25, 0.3) is 0 Å². The molecule has 0 aromatic heterocycles. The van der Waals surface area contributed by atoms with E-state index in [0.717, 1.165) is 24.5 Å². The van der Waals surface area contributed by atoms with E-state index in [1.54, 1.807) is 7.11 Å². The Balaban J connectivity index is 2.38. The monoisotopic (exact) mass is 213 g/mol. The van der Waals surface area contributed by atoms with Gasteiger partial charge in [-0.2, -0.15) is 0 Å². The molecule has 1 N–H and O–H groups in total. The van der Waals surface area contributed by atoms with Gasteiger partial charge >= 0.3 is 0 Å². The predicted octanol–water partition coefficient (Wildman–Crippen LogP) is 2.83. The highest BCUT2D eigenvalue weighted by molar-refractivity contribution is 4.83. The van der Waals surface area contributed by atoms with E-state index >= 15 is 0 Å². The first-order valence-electron chi connectivity index (χ1n) is 6.48. The lowest BCUT2D eigenvalue weighted by Crippen LogP contribution is -2.39. The van der Waals surface area contributed by atoms with Crippen LogP contribution in [0, 0.1) is 11.8 Å². The molecule has 15 heavy (non-hydrogen) atoms. The Morgan fingerprint density at radius 1 is 1.27 bits per heavy atom. The zero-order valence-electron chi connectivity index (χ0n) is 10.6. The summed E-state index contributed by atoms with van der Waals surface area (Å²) in [5.74, 6) is 1.81. The minimum atomic E-state index is 0.730. The molecule has 1 aliphatic carbocycles. The Bertz CT molecular complexity index is 161. The van der Waals surface area contributed by atoms with E-state index in [0.29, 0.717) is 0 Å². The fraction of sp³-hybridized carbons (Fsp3) is 1.00. The van der Waals surface area contributed by atoms with Crippen LogP contribution >= 0.6 is 0 Å². The standard InChI is InChI=1S/C13H27NO/c1-4-5-11-6-7-13(14-2)12(10-11)8-9-15-3/h11-14H,4-10H2,1-3H3. The van der Waals surface area contributed by atoms with Crippen molar-refractivity contribution in [3.63, 3.8) is 0 Å². The lowest BCUT2D eigenvalue weighted by atomic mass is 9.75. The summed E-state index contributed by atoms with van der Waals surface area (Å²) in [6.07, 6.45) is 8.16. The van der Waals surface area contributed by atoms with Crippen molar-refractivity contribution in [1.29, 1.82) is 0 Å². The van der Waals surface area contributed by atoms with Gasteiger partial charge in [0.1, 0.15) is 0 Å². The first-order chi connectivity index (χ1) is 7.31. The molecule has 0 amide bonds. The van der Waals surface area contributed by atoms with Crippen molar-refractivity contribution in [2.75, 3.05) is 20.8 Å². The second kappa shape index (κ2) is 7.24. The maximum atomic E-state index is 5.20. The second-order valence-electron chi connectivity index (χ2n) is 4.90. The second-order valence-corrected chi connectivity index (χ2v) is 4.90. The number of methoxy groups -OCH3 is 1. The van der Waals surface area contributed by atoms with Gasteiger partial charge in [0.2, 0.25) is 0 Å².